The lowest BCUT2D eigenvalue weighted by atomic mass is 10.2. The maximum absolute atomic E-state index is 6.02. The third-order valence-corrected chi connectivity index (χ3v) is 2.90. The number of likely N-dealkylation sites (tertiary alicyclic amines) is 1. The molecule has 1 atom stereocenters. The van der Waals surface area contributed by atoms with Crippen LogP contribution in [-0.4, -0.2) is 30.6 Å². The van der Waals surface area contributed by atoms with Crippen LogP contribution in [0.1, 0.15) is 25.7 Å². The van der Waals surface area contributed by atoms with Gasteiger partial charge in [-0.1, -0.05) is 0 Å². The van der Waals surface area contributed by atoms with Crippen LogP contribution in [0.2, 0.25) is 0 Å². The molecule has 0 bridgehead atoms. The van der Waals surface area contributed by atoms with Crippen molar-refractivity contribution in [3.63, 3.8) is 0 Å². The molecule has 1 aliphatic carbocycles. The molecule has 0 radical (unpaired) electrons. The molecule has 1 saturated heterocycles. The molecule has 0 amide bonds. The number of hydrogen-bond donors (Lipinski definition) is 1. The molecule has 2 nitrogen and oxygen atoms in total. The van der Waals surface area contributed by atoms with Crippen LogP contribution in [0, 0.1) is 5.92 Å². The van der Waals surface area contributed by atoms with Gasteiger partial charge in [0.25, 0.3) is 0 Å². The maximum Gasteiger partial charge on any atom is 0.0196 e. The highest BCUT2D eigenvalue weighted by Gasteiger charge is 2.29. The fraction of sp³-hybridized carbons (Fsp3) is 1.00. The van der Waals surface area contributed by atoms with Gasteiger partial charge in [-0.3, -0.25) is 0 Å². The standard InChI is InChI=1S/C9H18N2/c10-9(8-3-4-8)7-11-5-1-2-6-11/h8-9H,1-7,10H2/t9-/m0/s1. The molecule has 1 aliphatic heterocycles. The summed E-state index contributed by atoms with van der Waals surface area (Å²) in [4.78, 5) is 2.52. The van der Waals surface area contributed by atoms with Crippen LogP contribution in [0.4, 0.5) is 0 Å². The lowest BCUT2D eigenvalue weighted by molar-refractivity contribution is 0.302. The Morgan fingerprint density at radius 3 is 2.45 bits per heavy atom. The summed E-state index contributed by atoms with van der Waals surface area (Å²) in [7, 11) is 0. The smallest absolute Gasteiger partial charge is 0.0196 e. The summed E-state index contributed by atoms with van der Waals surface area (Å²) >= 11 is 0. The Kier molecular flexibility index (Phi) is 2.14. The zero-order valence-corrected chi connectivity index (χ0v) is 7.13. The van der Waals surface area contributed by atoms with E-state index < -0.39 is 0 Å². The first kappa shape index (κ1) is 7.56. The zero-order valence-electron chi connectivity index (χ0n) is 7.13. The van der Waals surface area contributed by atoms with E-state index in [0.717, 1.165) is 12.5 Å². The summed E-state index contributed by atoms with van der Waals surface area (Å²) < 4.78 is 0. The van der Waals surface area contributed by atoms with E-state index in [9.17, 15) is 0 Å². The average Bonchev–Trinajstić information content (AvgIpc) is 2.73. The van der Waals surface area contributed by atoms with Gasteiger partial charge < -0.3 is 10.6 Å². The molecule has 64 valence electrons. The second kappa shape index (κ2) is 3.11. The van der Waals surface area contributed by atoms with Crippen molar-refractivity contribution in [1.29, 1.82) is 0 Å². The maximum atomic E-state index is 6.02. The van der Waals surface area contributed by atoms with Gasteiger partial charge in [0.15, 0.2) is 0 Å². The van der Waals surface area contributed by atoms with Gasteiger partial charge in [-0.15, -0.1) is 0 Å². The van der Waals surface area contributed by atoms with Crippen molar-refractivity contribution in [3.8, 4) is 0 Å². The Bertz CT molecular complexity index is 126. The molecular weight excluding hydrogens is 136 g/mol. The van der Waals surface area contributed by atoms with Crippen molar-refractivity contribution >= 4 is 0 Å². The van der Waals surface area contributed by atoms with Gasteiger partial charge in [-0.25, -0.2) is 0 Å². The highest BCUT2D eigenvalue weighted by atomic mass is 15.1. The van der Waals surface area contributed by atoms with E-state index in [1.54, 1.807) is 0 Å². The molecule has 0 aromatic heterocycles. The van der Waals surface area contributed by atoms with Crippen LogP contribution < -0.4 is 5.73 Å². The summed E-state index contributed by atoms with van der Waals surface area (Å²) in [5, 5.41) is 0. The normalized spacial score (nSPS) is 29.2. The second-order valence-corrected chi connectivity index (χ2v) is 4.01. The predicted molar refractivity (Wildman–Crippen MR) is 46.4 cm³/mol. The van der Waals surface area contributed by atoms with Gasteiger partial charge >= 0.3 is 0 Å². The Morgan fingerprint density at radius 1 is 1.27 bits per heavy atom. The third-order valence-electron chi connectivity index (χ3n) is 2.90. The van der Waals surface area contributed by atoms with Crippen molar-refractivity contribution in [2.75, 3.05) is 19.6 Å². The zero-order chi connectivity index (χ0) is 7.68. The molecule has 0 spiro atoms. The first-order valence-corrected chi connectivity index (χ1v) is 4.84. The monoisotopic (exact) mass is 154 g/mol. The van der Waals surface area contributed by atoms with Gasteiger partial charge in [0.1, 0.15) is 0 Å². The van der Waals surface area contributed by atoms with E-state index in [1.165, 1.54) is 38.8 Å². The minimum absolute atomic E-state index is 0.480. The highest BCUT2D eigenvalue weighted by Crippen LogP contribution is 2.32. The largest absolute Gasteiger partial charge is 0.326 e. The molecule has 2 fully saturated rings. The van der Waals surface area contributed by atoms with Crippen LogP contribution >= 0.6 is 0 Å². The molecule has 0 aromatic rings. The highest BCUT2D eigenvalue weighted by molar-refractivity contribution is 4.86. The van der Waals surface area contributed by atoms with Gasteiger partial charge in [0.2, 0.25) is 0 Å². The van der Waals surface area contributed by atoms with E-state index in [1.807, 2.05) is 0 Å². The van der Waals surface area contributed by atoms with E-state index in [-0.39, 0.29) is 0 Å². The Morgan fingerprint density at radius 2 is 1.91 bits per heavy atom. The Labute approximate surface area is 68.7 Å². The molecule has 2 aliphatic rings. The molecule has 0 unspecified atom stereocenters. The summed E-state index contributed by atoms with van der Waals surface area (Å²) in [6.07, 6.45) is 5.54. The minimum Gasteiger partial charge on any atom is -0.326 e. The summed E-state index contributed by atoms with van der Waals surface area (Å²) in [5.41, 5.74) is 6.02. The Hall–Kier alpha value is -0.0800. The summed E-state index contributed by atoms with van der Waals surface area (Å²) in [5.74, 6) is 0.871. The van der Waals surface area contributed by atoms with Crippen LogP contribution in [0.25, 0.3) is 0 Å². The SMILES string of the molecule is N[C@@H](CN1CCCC1)C1CC1. The lowest BCUT2D eigenvalue weighted by Gasteiger charge is -2.19. The van der Waals surface area contributed by atoms with Crippen LogP contribution in [0.5, 0.6) is 0 Å². The predicted octanol–water partition coefficient (Wildman–Crippen LogP) is 0.819. The third kappa shape index (κ3) is 1.94. The number of nitrogens with zero attached hydrogens (tertiary/aromatic N) is 1. The fourth-order valence-corrected chi connectivity index (χ4v) is 1.94. The molecule has 2 N–H and O–H groups in total. The van der Waals surface area contributed by atoms with Crippen LogP contribution in [-0.2, 0) is 0 Å². The van der Waals surface area contributed by atoms with E-state index >= 15 is 0 Å². The molecular formula is C9H18N2. The van der Waals surface area contributed by atoms with Crippen molar-refractivity contribution in [2.24, 2.45) is 11.7 Å². The van der Waals surface area contributed by atoms with E-state index in [0.29, 0.717) is 6.04 Å². The van der Waals surface area contributed by atoms with Crippen molar-refractivity contribution in [2.45, 2.75) is 31.7 Å². The molecule has 2 rings (SSSR count). The fourth-order valence-electron chi connectivity index (χ4n) is 1.94. The number of hydrogen-bond acceptors (Lipinski definition) is 2. The Balaban J connectivity index is 1.70. The van der Waals surface area contributed by atoms with Crippen molar-refractivity contribution < 1.29 is 0 Å². The molecule has 2 heteroatoms. The molecule has 11 heavy (non-hydrogen) atoms. The van der Waals surface area contributed by atoms with E-state index in [2.05, 4.69) is 4.90 Å². The molecule has 0 aromatic carbocycles. The van der Waals surface area contributed by atoms with Gasteiger partial charge in [0.05, 0.1) is 0 Å². The quantitative estimate of drug-likeness (QED) is 0.652. The van der Waals surface area contributed by atoms with Crippen LogP contribution in [0.15, 0.2) is 0 Å². The van der Waals surface area contributed by atoms with E-state index in [4.69, 9.17) is 5.73 Å². The topological polar surface area (TPSA) is 29.3 Å². The van der Waals surface area contributed by atoms with Gasteiger partial charge in [-0.05, 0) is 44.7 Å². The van der Waals surface area contributed by atoms with Crippen LogP contribution in [0.3, 0.4) is 0 Å². The van der Waals surface area contributed by atoms with Crippen molar-refractivity contribution in [3.05, 3.63) is 0 Å². The minimum atomic E-state index is 0.480. The molecule has 1 heterocycles. The average molecular weight is 154 g/mol. The van der Waals surface area contributed by atoms with Crippen molar-refractivity contribution in [1.82, 2.24) is 4.90 Å². The second-order valence-electron chi connectivity index (χ2n) is 4.01. The number of rotatable bonds is 3. The lowest BCUT2D eigenvalue weighted by Crippen LogP contribution is -2.37. The molecule has 1 saturated carbocycles. The summed E-state index contributed by atoms with van der Waals surface area (Å²) in [6.45, 7) is 3.74. The first-order chi connectivity index (χ1) is 5.36. The van der Waals surface area contributed by atoms with Gasteiger partial charge in [0, 0.05) is 12.6 Å². The number of nitrogens with two attached hydrogens (primary N) is 1. The first-order valence-electron chi connectivity index (χ1n) is 4.84. The van der Waals surface area contributed by atoms with Gasteiger partial charge in [-0.2, -0.15) is 0 Å². The summed E-state index contributed by atoms with van der Waals surface area (Å²) in [6, 6.07) is 0.480.